The molecule has 22 heavy (non-hydrogen) atoms. The largest absolute Gasteiger partial charge is 0.384 e. The maximum Gasteiger partial charge on any atom is 0.272 e. The third-order valence-electron chi connectivity index (χ3n) is 4.22. The lowest BCUT2D eigenvalue weighted by Crippen LogP contribution is -2.24. The van der Waals surface area contributed by atoms with Crippen LogP contribution < -0.4 is 10.9 Å². The van der Waals surface area contributed by atoms with Gasteiger partial charge in [0, 0.05) is 23.5 Å². The van der Waals surface area contributed by atoms with Gasteiger partial charge in [0.15, 0.2) is 0 Å². The molecule has 1 unspecified atom stereocenters. The van der Waals surface area contributed by atoms with E-state index in [0.29, 0.717) is 11.1 Å². The van der Waals surface area contributed by atoms with Gasteiger partial charge in [-0.3, -0.25) is 4.79 Å². The second kappa shape index (κ2) is 6.04. The molecule has 6 heteroatoms. The Morgan fingerprint density at radius 1 is 1.36 bits per heavy atom. The van der Waals surface area contributed by atoms with Crippen LogP contribution >= 0.6 is 0 Å². The average molecular weight is 304 g/mol. The van der Waals surface area contributed by atoms with E-state index in [-0.39, 0.29) is 11.5 Å². The summed E-state index contributed by atoms with van der Waals surface area (Å²) >= 11 is 0. The monoisotopic (exact) mass is 304 g/mol. The van der Waals surface area contributed by atoms with Crippen molar-refractivity contribution >= 4 is 16.5 Å². The third kappa shape index (κ3) is 2.83. The number of hydrogen-bond acceptors (Lipinski definition) is 4. The smallest absolute Gasteiger partial charge is 0.272 e. The Morgan fingerprint density at radius 2 is 2.18 bits per heavy atom. The lowest BCUT2D eigenvalue weighted by Gasteiger charge is -2.25. The van der Waals surface area contributed by atoms with Crippen molar-refractivity contribution in [2.24, 2.45) is 0 Å². The lowest BCUT2D eigenvalue weighted by atomic mass is 9.91. The summed E-state index contributed by atoms with van der Waals surface area (Å²) in [6.45, 7) is 1.79. The van der Waals surface area contributed by atoms with Crippen molar-refractivity contribution in [1.82, 2.24) is 15.1 Å². The van der Waals surface area contributed by atoms with E-state index in [4.69, 9.17) is 0 Å². The Morgan fingerprint density at radius 3 is 2.95 bits per heavy atom. The summed E-state index contributed by atoms with van der Waals surface area (Å²) in [5.41, 5.74) is 1.22. The molecule has 2 heterocycles. The Bertz CT molecular complexity index is 741. The molecule has 0 spiro atoms. The first-order chi connectivity index (χ1) is 10.6. The molecule has 0 bridgehead atoms. The van der Waals surface area contributed by atoms with Crippen molar-refractivity contribution in [2.75, 3.05) is 32.5 Å². The number of aromatic nitrogens is 2. The number of benzene rings is 1. The van der Waals surface area contributed by atoms with Gasteiger partial charge in [0.1, 0.15) is 5.82 Å². The van der Waals surface area contributed by atoms with E-state index in [9.17, 15) is 9.18 Å². The number of unbranched alkanes of at least 4 members (excludes halogenated alkanes) is 1. The van der Waals surface area contributed by atoms with E-state index in [1.165, 1.54) is 12.1 Å². The zero-order chi connectivity index (χ0) is 15.7. The van der Waals surface area contributed by atoms with E-state index in [0.717, 1.165) is 43.4 Å². The number of anilines is 1. The molecule has 2 aromatic rings. The molecule has 0 saturated carbocycles. The SMILES string of the molecule is CN(C)CCCCC1CNc2cc(F)cc3c(=O)[nH]nc1c23. The van der Waals surface area contributed by atoms with Gasteiger partial charge in [-0.2, -0.15) is 5.10 Å². The van der Waals surface area contributed by atoms with E-state index in [1.54, 1.807) is 0 Å². The first-order valence-corrected chi connectivity index (χ1v) is 7.66. The molecular formula is C16H21FN4O. The van der Waals surface area contributed by atoms with Gasteiger partial charge in [0.05, 0.1) is 11.1 Å². The van der Waals surface area contributed by atoms with Gasteiger partial charge in [-0.05, 0) is 45.6 Å². The number of rotatable bonds is 5. The van der Waals surface area contributed by atoms with Gasteiger partial charge in [-0.25, -0.2) is 9.49 Å². The highest BCUT2D eigenvalue weighted by atomic mass is 19.1. The number of hydrogen-bond donors (Lipinski definition) is 2. The highest BCUT2D eigenvalue weighted by Crippen LogP contribution is 2.35. The van der Waals surface area contributed by atoms with Crippen molar-refractivity contribution in [3.63, 3.8) is 0 Å². The van der Waals surface area contributed by atoms with Crippen molar-refractivity contribution in [1.29, 1.82) is 0 Å². The van der Waals surface area contributed by atoms with Gasteiger partial charge in [-0.15, -0.1) is 0 Å². The summed E-state index contributed by atoms with van der Waals surface area (Å²) in [7, 11) is 4.14. The summed E-state index contributed by atoms with van der Waals surface area (Å²) in [4.78, 5) is 14.1. The number of nitrogens with one attached hydrogen (secondary N) is 2. The minimum absolute atomic E-state index is 0.250. The third-order valence-corrected chi connectivity index (χ3v) is 4.22. The van der Waals surface area contributed by atoms with Gasteiger partial charge in [0.25, 0.3) is 5.56 Å². The molecule has 5 nitrogen and oxygen atoms in total. The van der Waals surface area contributed by atoms with Crippen molar-refractivity contribution < 1.29 is 4.39 Å². The minimum atomic E-state index is -0.401. The molecule has 2 N–H and O–H groups in total. The Labute approximate surface area is 128 Å². The summed E-state index contributed by atoms with van der Waals surface area (Å²) < 4.78 is 13.6. The second-order valence-electron chi connectivity index (χ2n) is 6.19. The van der Waals surface area contributed by atoms with Gasteiger partial charge < -0.3 is 10.2 Å². The summed E-state index contributed by atoms with van der Waals surface area (Å²) in [5.74, 6) is -0.151. The molecule has 0 radical (unpaired) electrons. The second-order valence-corrected chi connectivity index (χ2v) is 6.19. The highest BCUT2D eigenvalue weighted by Gasteiger charge is 2.24. The lowest BCUT2D eigenvalue weighted by molar-refractivity contribution is 0.387. The molecule has 0 aliphatic carbocycles. The van der Waals surface area contributed by atoms with Crippen LogP contribution in [0.15, 0.2) is 16.9 Å². The molecule has 1 aliphatic rings. The number of H-pyrrole nitrogens is 1. The molecule has 0 fully saturated rings. The van der Waals surface area contributed by atoms with Crippen LogP contribution in [0.2, 0.25) is 0 Å². The van der Waals surface area contributed by atoms with Gasteiger partial charge >= 0.3 is 0 Å². The first kappa shape index (κ1) is 15.0. The molecule has 3 rings (SSSR count). The standard InChI is InChI=1S/C16H21FN4O/c1-21(2)6-4-3-5-10-9-18-13-8-11(17)7-12-14(13)15(10)19-20-16(12)22/h7-8,10,18H,3-6,9H2,1-2H3,(H,20,22). The zero-order valence-corrected chi connectivity index (χ0v) is 12.9. The molecule has 0 saturated heterocycles. The summed E-state index contributed by atoms with van der Waals surface area (Å²) in [6, 6.07) is 2.73. The van der Waals surface area contributed by atoms with Gasteiger partial charge in [-0.1, -0.05) is 6.42 Å². The van der Waals surface area contributed by atoms with Crippen LogP contribution in [0.3, 0.4) is 0 Å². The van der Waals surface area contributed by atoms with Crippen LogP contribution in [-0.2, 0) is 0 Å². The highest BCUT2D eigenvalue weighted by molar-refractivity contribution is 5.96. The van der Waals surface area contributed by atoms with E-state index in [2.05, 4.69) is 34.5 Å². The minimum Gasteiger partial charge on any atom is -0.384 e. The average Bonchev–Trinajstić information content (AvgIpc) is 2.48. The van der Waals surface area contributed by atoms with E-state index < -0.39 is 5.82 Å². The first-order valence-electron chi connectivity index (χ1n) is 7.66. The molecule has 1 aromatic heterocycles. The fraction of sp³-hybridized carbons (Fsp3) is 0.500. The molecular weight excluding hydrogens is 283 g/mol. The maximum atomic E-state index is 13.6. The maximum absolute atomic E-state index is 13.6. The van der Waals surface area contributed by atoms with Crippen LogP contribution in [0.25, 0.3) is 10.8 Å². The molecule has 1 aromatic carbocycles. The topological polar surface area (TPSA) is 61.0 Å². The van der Waals surface area contributed by atoms with Crippen molar-refractivity contribution in [3.8, 4) is 0 Å². The van der Waals surface area contributed by atoms with Crippen LogP contribution in [0.1, 0.15) is 30.9 Å². The number of aromatic amines is 1. The summed E-state index contributed by atoms with van der Waals surface area (Å²) in [5, 5.41) is 11.2. The van der Waals surface area contributed by atoms with Crippen LogP contribution in [0, 0.1) is 5.82 Å². The Kier molecular flexibility index (Phi) is 4.11. The molecule has 1 aliphatic heterocycles. The Balaban J connectivity index is 1.89. The van der Waals surface area contributed by atoms with Crippen LogP contribution in [0.5, 0.6) is 0 Å². The fourth-order valence-corrected chi connectivity index (χ4v) is 3.11. The van der Waals surface area contributed by atoms with E-state index >= 15 is 0 Å². The number of halogens is 1. The van der Waals surface area contributed by atoms with Gasteiger partial charge in [0.2, 0.25) is 0 Å². The predicted molar refractivity (Wildman–Crippen MR) is 86.0 cm³/mol. The molecule has 0 amide bonds. The van der Waals surface area contributed by atoms with E-state index in [1.807, 2.05) is 0 Å². The van der Waals surface area contributed by atoms with Crippen LogP contribution in [0.4, 0.5) is 10.1 Å². The molecule has 118 valence electrons. The van der Waals surface area contributed by atoms with Crippen LogP contribution in [-0.4, -0.2) is 42.3 Å². The number of nitrogens with zero attached hydrogens (tertiary/aromatic N) is 2. The normalized spacial score (nSPS) is 17.0. The fourth-order valence-electron chi connectivity index (χ4n) is 3.11. The van der Waals surface area contributed by atoms with Crippen molar-refractivity contribution in [2.45, 2.75) is 25.2 Å². The molecule has 1 atom stereocenters. The Hall–Kier alpha value is -1.95. The predicted octanol–water partition coefficient (Wildman–Crippen LogP) is 2.30. The summed E-state index contributed by atoms with van der Waals surface area (Å²) in [6.07, 6.45) is 3.24. The zero-order valence-electron chi connectivity index (χ0n) is 12.9. The van der Waals surface area contributed by atoms with Crippen molar-refractivity contribution in [3.05, 3.63) is 34.0 Å². The quantitative estimate of drug-likeness (QED) is 0.832.